The Morgan fingerprint density at radius 1 is 1.21 bits per heavy atom. The number of carbonyl (C=O) groups is 3. The number of rotatable bonds is 4. The Hall–Kier alpha value is -2.45. The van der Waals surface area contributed by atoms with Gasteiger partial charge in [-0.15, -0.1) is 22.7 Å². The van der Waals surface area contributed by atoms with Gasteiger partial charge in [0.05, 0.1) is 10.6 Å². The van der Waals surface area contributed by atoms with Crippen molar-refractivity contribution < 1.29 is 19.1 Å². The Bertz CT molecular complexity index is 1070. The van der Waals surface area contributed by atoms with Crippen LogP contribution in [0.5, 0.6) is 0 Å². The number of likely N-dealkylation sites (tertiary alicyclic amines) is 1. The minimum absolute atomic E-state index is 0.288. The van der Waals surface area contributed by atoms with E-state index in [9.17, 15) is 14.4 Å². The van der Waals surface area contributed by atoms with Gasteiger partial charge in [0.15, 0.2) is 6.10 Å². The number of ether oxygens (including phenoxy) is 1. The molecule has 0 aliphatic carbocycles. The Morgan fingerprint density at radius 3 is 2.79 bits per heavy atom. The first-order valence-electron chi connectivity index (χ1n) is 9.14. The fourth-order valence-electron chi connectivity index (χ4n) is 3.54. The van der Waals surface area contributed by atoms with Gasteiger partial charge in [-0.1, -0.05) is 18.2 Å². The molecule has 0 bridgehead atoms. The van der Waals surface area contributed by atoms with Gasteiger partial charge in [0.25, 0.3) is 5.91 Å². The van der Waals surface area contributed by atoms with Gasteiger partial charge in [-0.25, -0.2) is 4.79 Å². The molecule has 28 heavy (non-hydrogen) atoms. The fourth-order valence-corrected chi connectivity index (χ4v) is 5.94. The molecule has 2 atom stereocenters. The largest absolute Gasteiger partial charge is 0.448 e. The molecule has 8 heteroatoms. The minimum Gasteiger partial charge on any atom is -0.448 e. The Kier molecular flexibility index (Phi) is 5.07. The van der Waals surface area contributed by atoms with Crippen molar-refractivity contribution in [3.63, 3.8) is 0 Å². The summed E-state index contributed by atoms with van der Waals surface area (Å²) in [6, 6.07) is 9.90. The lowest BCUT2D eigenvalue weighted by Gasteiger charge is -2.32. The zero-order valence-corrected chi connectivity index (χ0v) is 17.0. The van der Waals surface area contributed by atoms with Crippen molar-refractivity contribution >= 4 is 59.9 Å². The van der Waals surface area contributed by atoms with Gasteiger partial charge in [0.1, 0.15) is 4.88 Å². The summed E-state index contributed by atoms with van der Waals surface area (Å²) in [4.78, 5) is 38.7. The summed E-state index contributed by atoms with van der Waals surface area (Å²) in [5, 5.41) is 1.13. The van der Waals surface area contributed by atoms with Crippen molar-refractivity contribution in [3.8, 4) is 0 Å². The third kappa shape index (κ3) is 3.49. The molecule has 1 saturated heterocycles. The Balaban J connectivity index is 1.46. The normalized spacial score (nSPS) is 18.3. The molecule has 146 valence electrons. The van der Waals surface area contributed by atoms with Crippen molar-refractivity contribution in [2.24, 2.45) is 11.7 Å². The highest BCUT2D eigenvalue weighted by Gasteiger charge is 2.31. The lowest BCUT2D eigenvalue weighted by Crippen LogP contribution is -2.48. The van der Waals surface area contributed by atoms with E-state index in [2.05, 4.69) is 6.07 Å². The zero-order chi connectivity index (χ0) is 19.8. The number of benzene rings is 1. The molecule has 2 amide bonds. The van der Waals surface area contributed by atoms with Crippen LogP contribution in [0.4, 0.5) is 0 Å². The number of nitrogens with two attached hydrogens (primary N) is 1. The highest BCUT2D eigenvalue weighted by Crippen LogP contribution is 2.39. The van der Waals surface area contributed by atoms with Crippen molar-refractivity contribution in [1.82, 2.24) is 4.90 Å². The summed E-state index contributed by atoms with van der Waals surface area (Å²) < 4.78 is 8.71. The van der Waals surface area contributed by atoms with Crippen LogP contribution in [0.25, 0.3) is 19.5 Å². The molecular formula is C20H20N2O4S2. The van der Waals surface area contributed by atoms with Gasteiger partial charge in [-0.05, 0) is 31.9 Å². The molecule has 0 radical (unpaired) electrons. The third-order valence-electron chi connectivity index (χ3n) is 5.02. The second kappa shape index (κ2) is 7.52. The number of fused-ring (bicyclic) bond motifs is 3. The van der Waals surface area contributed by atoms with Crippen molar-refractivity contribution in [2.75, 3.05) is 13.1 Å². The monoisotopic (exact) mass is 416 g/mol. The van der Waals surface area contributed by atoms with Crippen LogP contribution in [0.1, 0.15) is 29.4 Å². The molecule has 0 unspecified atom stereocenters. The lowest BCUT2D eigenvalue weighted by atomic mass is 9.97. The molecule has 4 rings (SSSR count). The number of esters is 1. The van der Waals surface area contributed by atoms with E-state index in [4.69, 9.17) is 10.5 Å². The highest BCUT2D eigenvalue weighted by molar-refractivity contribution is 7.33. The molecule has 2 aromatic heterocycles. The average molecular weight is 417 g/mol. The number of primary amides is 1. The third-order valence-corrected chi connectivity index (χ3v) is 7.41. The van der Waals surface area contributed by atoms with Crippen LogP contribution in [-0.4, -0.2) is 41.9 Å². The summed E-state index contributed by atoms with van der Waals surface area (Å²) >= 11 is 3.02. The van der Waals surface area contributed by atoms with Crippen molar-refractivity contribution in [3.05, 3.63) is 35.2 Å². The van der Waals surface area contributed by atoms with E-state index in [0.29, 0.717) is 24.3 Å². The Morgan fingerprint density at radius 2 is 2.00 bits per heavy atom. The highest BCUT2D eigenvalue weighted by atomic mass is 32.1. The standard InChI is InChI=1S/C20H20N2O4S2/c1-11(19(24)22-8-4-5-12(10-22)18(21)23)26-20(25)16-9-15-17(28-16)13-6-2-3-7-14(13)27-15/h2-3,6-7,9,11-12H,4-5,8,10H2,1H3,(H2,21,23)/t11-,12-/m0/s1. The van der Waals surface area contributed by atoms with Gasteiger partial charge in [0.2, 0.25) is 5.91 Å². The maximum Gasteiger partial charge on any atom is 0.349 e. The first-order valence-corrected chi connectivity index (χ1v) is 10.8. The summed E-state index contributed by atoms with van der Waals surface area (Å²) in [5.41, 5.74) is 5.37. The topological polar surface area (TPSA) is 89.7 Å². The quantitative estimate of drug-likeness (QED) is 0.660. The smallest absolute Gasteiger partial charge is 0.349 e. The van der Waals surface area contributed by atoms with Gasteiger partial charge in [-0.3, -0.25) is 9.59 Å². The molecule has 1 aliphatic heterocycles. The molecule has 3 heterocycles. The van der Waals surface area contributed by atoms with E-state index in [1.165, 1.54) is 16.0 Å². The van der Waals surface area contributed by atoms with E-state index >= 15 is 0 Å². The number of piperidine rings is 1. The Labute approximate surface area is 169 Å². The van der Waals surface area contributed by atoms with E-state index in [0.717, 1.165) is 14.8 Å². The van der Waals surface area contributed by atoms with E-state index in [1.807, 2.05) is 24.3 Å². The van der Waals surface area contributed by atoms with E-state index in [1.54, 1.807) is 23.2 Å². The molecule has 0 saturated carbocycles. The summed E-state index contributed by atoms with van der Waals surface area (Å²) in [6.07, 6.45) is 0.498. The molecule has 1 aliphatic rings. The van der Waals surface area contributed by atoms with E-state index < -0.39 is 18.0 Å². The summed E-state index contributed by atoms with van der Waals surface area (Å²) in [6.45, 7) is 2.40. The maximum absolute atomic E-state index is 12.6. The number of hydrogen-bond acceptors (Lipinski definition) is 6. The molecule has 0 spiro atoms. The number of amides is 2. The molecule has 1 aromatic carbocycles. The van der Waals surface area contributed by atoms with Crippen LogP contribution in [0, 0.1) is 5.92 Å². The van der Waals surface area contributed by atoms with Gasteiger partial charge in [0, 0.05) is 27.9 Å². The van der Waals surface area contributed by atoms with Gasteiger partial charge >= 0.3 is 5.97 Å². The number of hydrogen-bond donors (Lipinski definition) is 1. The van der Waals surface area contributed by atoms with Gasteiger partial charge in [-0.2, -0.15) is 0 Å². The lowest BCUT2D eigenvalue weighted by molar-refractivity contribution is -0.142. The van der Waals surface area contributed by atoms with Crippen LogP contribution in [0.2, 0.25) is 0 Å². The number of carbonyl (C=O) groups excluding carboxylic acids is 3. The zero-order valence-electron chi connectivity index (χ0n) is 15.3. The van der Waals surface area contributed by atoms with Crippen LogP contribution in [0.3, 0.4) is 0 Å². The average Bonchev–Trinajstić information content (AvgIpc) is 3.25. The van der Waals surface area contributed by atoms with Crippen molar-refractivity contribution in [1.29, 1.82) is 0 Å². The van der Waals surface area contributed by atoms with Crippen LogP contribution in [0.15, 0.2) is 30.3 Å². The second-order valence-electron chi connectivity index (χ2n) is 6.98. The summed E-state index contributed by atoms with van der Waals surface area (Å²) in [5.74, 6) is -1.52. The van der Waals surface area contributed by atoms with Crippen molar-refractivity contribution in [2.45, 2.75) is 25.9 Å². The predicted octanol–water partition coefficient (Wildman–Crippen LogP) is 3.39. The first-order chi connectivity index (χ1) is 13.4. The SMILES string of the molecule is C[C@H](OC(=O)c1cc2sc3ccccc3c2s1)C(=O)N1CCC[C@H](C(N)=O)C1. The fraction of sp³-hybridized carbons (Fsp3) is 0.350. The summed E-state index contributed by atoms with van der Waals surface area (Å²) in [7, 11) is 0. The van der Waals surface area contributed by atoms with Gasteiger partial charge < -0.3 is 15.4 Å². The van der Waals surface area contributed by atoms with Crippen LogP contribution >= 0.6 is 22.7 Å². The molecule has 6 nitrogen and oxygen atoms in total. The van der Waals surface area contributed by atoms with E-state index in [-0.39, 0.29) is 18.4 Å². The molecule has 3 aromatic rings. The molecule has 1 fully saturated rings. The number of thiophene rings is 2. The van der Waals surface area contributed by atoms with Crippen LogP contribution in [-0.2, 0) is 14.3 Å². The first kappa shape index (κ1) is 18.9. The second-order valence-corrected chi connectivity index (χ2v) is 9.11. The molecular weight excluding hydrogens is 396 g/mol. The minimum atomic E-state index is -0.906. The predicted molar refractivity (Wildman–Crippen MR) is 111 cm³/mol. The van der Waals surface area contributed by atoms with Crippen LogP contribution < -0.4 is 5.73 Å². The number of nitrogens with zero attached hydrogens (tertiary/aromatic N) is 1. The molecule has 2 N–H and O–H groups in total. The maximum atomic E-state index is 12.6.